The maximum atomic E-state index is 14.9. The number of amides is 5. The number of hydrogen-bond acceptors (Lipinski definition) is 11. The summed E-state index contributed by atoms with van der Waals surface area (Å²) >= 11 is 0. The van der Waals surface area contributed by atoms with Gasteiger partial charge in [-0.25, -0.2) is 13.2 Å². The maximum absolute atomic E-state index is 14.9. The van der Waals surface area contributed by atoms with Gasteiger partial charge in [0.25, 0.3) is 5.91 Å². The Hall–Kier alpha value is -6.22. The van der Waals surface area contributed by atoms with Crippen molar-refractivity contribution in [2.45, 2.75) is 103 Å². The molecule has 0 unspecified atom stereocenters. The Morgan fingerprint density at radius 3 is 2.36 bits per heavy atom. The molecule has 4 heterocycles. The monoisotopic (exact) mass is 1050 g/mol. The predicted molar refractivity (Wildman–Crippen MR) is 286 cm³/mol. The van der Waals surface area contributed by atoms with E-state index in [9.17, 15) is 37.1 Å². The van der Waals surface area contributed by atoms with Crippen molar-refractivity contribution >= 4 is 46.6 Å². The van der Waals surface area contributed by atoms with E-state index in [0.717, 1.165) is 36.3 Å². The molecule has 4 aliphatic rings. The minimum absolute atomic E-state index is 0.0163. The standard InChI is InChI=1S/C57H73F3N10O6/c1-8-34(2)51(63-25-35(3)61-7)55(74)69-29-40-15-18-42(24-44(40)53(69)54(73)66-52-46(59)10-9-11-47(52)60)65-49(71)27-64-56(75)57(6)33-70(48-23-39(14-19-45(48)57)22-38-12-16-41(58)17-13-38)50(72)31-68-28-36(4)62-26-43(68)30-67-20-21-76-32-37(67)5/h9-19,23-24,34-37,43,51,53,61-63H,8,20-22,25-33H2,1-7H3,(H,64,75)(H,65,71)(H,66,73)/t34-,35-,36+,37+,43+,51-,53-,57+/m0/s1. The summed E-state index contributed by atoms with van der Waals surface area (Å²) in [6.45, 7) is 16.3. The zero-order valence-electron chi connectivity index (χ0n) is 44.6. The zero-order valence-corrected chi connectivity index (χ0v) is 44.6. The van der Waals surface area contributed by atoms with Crippen molar-refractivity contribution in [2.24, 2.45) is 5.92 Å². The lowest BCUT2D eigenvalue weighted by atomic mass is 9.83. The number of nitrogens with one attached hydrogen (secondary N) is 6. The van der Waals surface area contributed by atoms with Gasteiger partial charge in [-0.05, 0) is 117 Å². The minimum atomic E-state index is -1.33. The molecule has 4 aromatic carbocycles. The Morgan fingerprint density at radius 1 is 0.908 bits per heavy atom. The first-order valence-corrected chi connectivity index (χ1v) is 26.5. The highest BCUT2D eigenvalue weighted by molar-refractivity contribution is 6.04. The summed E-state index contributed by atoms with van der Waals surface area (Å²) in [6, 6.07) is 18.5. The van der Waals surface area contributed by atoms with Crippen LogP contribution in [0.25, 0.3) is 0 Å². The molecule has 0 bridgehead atoms. The Labute approximate surface area is 443 Å². The largest absolute Gasteiger partial charge is 0.379 e. The fourth-order valence-corrected chi connectivity index (χ4v) is 10.8. The van der Waals surface area contributed by atoms with Gasteiger partial charge in [-0.15, -0.1) is 0 Å². The number of anilines is 3. The number of piperazine rings is 1. The molecule has 0 aliphatic carbocycles. The third-order valence-electron chi connectivity index (χ3n) is 15.7. The van der Waals surface area contributed by atoms with E-state index in [4.69, 9.17) is 4.74 Å². The third kappa shape index (κ3) is 12.6. The molecule has 76 heavy (non-hydrogen) atoms. The number of morpholine rings is 1. The number of ether oxygens (including phenoxy) is 1. The number of carbonyl (C=O) groups excluding carboxylic acids is 5. The summed E-state index contributed by atoms with van der Waals surface area (Å²) in [4.78, 5) is 79.6. The summed E-state index contributed by atoms with van der Waals surface area (Å²) < 4.78 is 49.5. The number of rotatable bonds is 19. The number of benzene rings is 4. The van der Waals surface area contributed by atoms with Gasteiger partial charge in [-0.2, -0.15) is 0 Å². The molecule has 19 heteroatoms. The van der Waals surface area contributed by atoms with Gasteiger partial charge in [0.1, 0.15) is 29.2 Å². The van der Waals surface area contributed by atoms with Crippen LogP contribution in [-0.4, -0.2) is 147 Å². The summed E-state index contributed by atoms with van der Waals surface area (Å²) in [7, 11) is 1.81. The normalized spacial score (nSPS) is 22.8. The van der Waals surface area contributed by atoms with Crippen molar-refractivity contribution in [1.82, 2.24) is 36.0 Å². The van der Waals surface area contributed by atoms with Gasteiger partial charge in [-0.1, -0.05) is 56.7 Å². The van der Waals surface area contributed by atoms with Crippen LogP contribution in [0.2, 0.25) is 0 Å². The Morgan fingerprint density at radius 2 is 1.64 bits per heavy atom. The molecule has 8 rings (SSSR count). The molecule has 16 nitrogen and oxygen atoms in total. The predicted octanol–water partition coefficient (Wildman–Crippen LogP) is 5.07. The topological polar surface area (TPSA) is 180 Å². The molecule has 6 N–H and O–H groups in total. The van der Waals surface area contributed by atoms with E-state index in [2.05, 4.69) is 55.5 Å². The van der Waals surface area contributed by atoms with Gasteiger partial charge in [0.05, 0.1) is 37.8 Å². The number of hydrogen-bond donors (Lipinski definition) is 6. The van der Waals surface area contributed by atoms with E-state index >= 15 is 0 Å². The smallest absolute Gasteiger partial charge is 0.252 e. The van der Waals surface area contributed by atoms with E-state index in [1.807, 2.05) is 46.0 Å². The number of fused-ring (bicyclic) bond motifs is 2. The van der Waals surface area contributed by atoms with Crippen LogP contribution >= 0.6 is 0 Å². The average Bonchev–Trinajstić information content (AvgIpc) is 3.95. The average molecular weight is 1050 g/mol. The maximum Gasteiger partial charge on any atom is 0.252 e. The number of carbonyl (C=O) groups is 5. The van der Waals surface area contributed by atoms with Crippen molar-refractivity contribution in [3.63, 3.8) is 0 Å². The Bertz CT molecular complexity index is 2750. The second-order valence-corrected chi connectivity index (χ2v) is 21.3. The second-order valence-electron chi connectivity index (χ2n) is 21.3. The molecular weight excluding hydrogens is 978 g/mol. The van der Waals surface area contributed by atoms with Crippen molar-refractivity contribution < 1.29 is 41.9 Å². The molecule has 4 aromatic rings. The molecule has 2 fully saturated rings. The Balaban J connectivity index is 1.00. The van der Waals surface area contributed by atoms with Gasteiger partial charge in [0.15, 0.2) is 0 Å². The van der Waals surface area contributed by atoms with Crippen molar-refractivity contribution in [1.29, 1.82) is 0 Å². The van der Waals surface area contributed by atoms with Crippen LogP contribution < -0.4 is 36.8 Å². The van der Waals surface area contributed by atoms with Crippen LogP contribution in [0.4, 0.5) is 30.2 Å². The molecule has 5 amide bonds. The highest BCUT2D eigenvalue weighted by Gasteiger charge is 2.48. The molecule has 0 aromatic heterocycles. The third-order valence-corrected chi connectivity index (χ3v) is 15.7. The molecule has 0 spiro atoms. The van der Waals surface area contributed by atoms with Crippen LogP contribution in [0, 0.1) is 23.4 Å². The van der Waals surface area contributed by atoms with Crippen LogP contribution in [0.5, 0.6) is 0 Å². The van der Waals surface area contributed by atoms with Gasteiger partial charge >= 0.3 is 0 Å². The van der Waals surface area contributed by atoms with Crippen LogP contribution in [0.3, 0.4) is 0 Å². The molecule has 4 aliphatic heterocycles. The number of likely N-dealkylation sites (N-methyl/N-ethyl adjacent to an activating group) is 1. The van der Waals surface area contributed by atoms with E-state index in [1.165, 1.54) is 23.1 Å². The fourth-order valence-electron chi connectivity index (χ4n) is 10.8. The SMILES string of the molecule is CC[C@H](C)[C@H](NC[C@H](C)NC)C(=O)N1Cc2ccc(NC(=O)CNC(=O)[C@]3(C)CN(C(=O)CN4C[C@@H](C)NC[C@@H]4CN4CCOC[C@H]4C)c4cc(Cc5ccc(F)cc5)ccc43)cc2[C@H]1C(=O)Nc1c(F)cccc1F. The second kappa shape index (κ2) is 24.4. The molecule has 408 valence electrons. The lowest BCUT2D eigenvalue weighted by Crippen LogP contribution is -2.62. The Kier molecular flexibility index (Phi) is 18.0. The van der Waals surface area contributed by atoms with Gasteiger partial charge in [-0.3, -0.25) is 33.8 Å². The molecule has 8 atom stereocenters. The summed E-state index contributed by atoms with van der Waals surface area (Å²) in [5.74, 6) is -4.91. The summed E-state index contributed by atoms with van der Waals surface area (Å²) in [5.41, 5.74) is 2.25. The first-order valence-electron chi connectivity index (χ1n) is 26.5. The number of halogens is 3. The highest BCUT2D eigenvalue weighted by atomic mass is 19.1. The fraction of sp³-hybridized carbons (Fsp3) is 0.491. The summed E-state index contributed by atoms with van der Waals surface area (Å²) in [5, 5.41) is 18.1. The van der Waals surface area contributed by atoms with Gasteiger partial charge in [0.2, 0.25) is 23.6 Å². The number of nitrogens with zero attached hydrogens (tertiary/aromatic N) is 4. The quantitative estimate of drug-likeness (QED) is 0.0739. The zero-order chi connectivity index (χ0) is 54.4. The van der Waals surface area contributed by atoms with E-state index in [0.29, 0.717) is 68.1 Å². The van der Waals surface area contributed by atoms with Crippen LogP contribution in [0.1, 0.15) is 81.8 Å². The van der Waals surface area contributed by atoms with Gasteiger partial charge < -0.3 is 46.4 Å². The first kappa shape index (κ1) is 56.0. The molecule has 0 radical (unpaired) electrons. The first-order chi connectivity index (χ1) is 36.4. The lowest BCUT2D eigenvalue weighted by Gasteiger charge is -2.43. The van der Waals surface area contributed by atoms with Crippen molar-refractivity contribution in [3.8, 4) is 0 Å². The van der Waals surface area contributed by atoms with E-state index in [1.54, 1.807) is 42.2 Å². The van der Waals surface area contributed by atoms with Crippen molar-refractivity contribution in [2.75, 3.05) is 88.2 Å². The minimum Gasteiger partial charge on any atom is -0.379 e. The molecule has 0 saturated carbocycles. The van der Waals surface area contributed by atoms with Crippen LogP contribution in [0.15, 0.2) is 78.9 Å². The van der Waals surface area contributed by atoms with Gasteiger partial charge in [0, 0.05) is 81.4 Å². The highest BCUT2D eigenvalue weighted by Crippen LogP contribution is 2.43. The number of para-hydroxylation sites is 1. The molecular formula is C57H73F3N10O6. The summed E-state index contributed by atoms with van der Waals surface area (Å²) in [6.07, 6.45) is 1.11. The lowest BCUT2D eigenvalue weighted by molar-refractivity contribution is -0.141. The van der Waals surface area contributed by atoms with E-state index in [-0.39, 0.29) is 73.0 Å². The van der Waals surface area contributed by atoms with Crippen molar-refractivity contribution in [3.05, 3.63) is 124 Å². The molecule has 2 saturated heterocycles. The van der Waals surface area contributed by atoms with E-state index < -0.39 is 59.1 Å². The van der Waals surface area contributed by atoms with Crippen LogP contribution in [-0.2, 0) is 47.1 Å².